The van der Waals surface area contributed by atoms with E-state index in [0.29, 0.717) is 5.75 Å². The van der Waals surface area contributed by atoms with Gasteiger partial charge in [0.1, 0.15) is 12.1 Å². The topological polar surface area (TPSA) is 78.2 Å². The van der Waals surface area contributed by atoms with Gasteiger partial charge in [0.25, 0.3) is 0 Å². The fourth-order valence-corrected chi connectivity index (χ4v) is 2.45. The van der Waals surface area contributed by atoms with Gasteiger partial charge in [-0.25, -0.2) is 9.97 Å². The zero-order valence-electron chi connectivity index (χ0n) is 9.74. The van der Waals surface area contributed by atoms with Crippen molar-refractivity contribution in [3.8, 4) is 5.75 Å². The van der Waals surface area contributed by atoms with Gasteiger partial charge in [0.15, 0.2) is 5.03 Å². The summed E-state index contributed by atoms with van der Waals surface area (Å²) in [6.45, 7) is 0. The van der Waals surface area contributed by atoms with E-state index in [1.165, 1.54) is 6.33 Å². The van der Waals surface area contributed by atoms with Crippen LogP contribution in [0.5, 0.6) is 5.75 Å². The molecule has 1 aromatic heterocycles. The van der Waals surface area contributed by atoms with Crippen molar-refractivity contribution in [3.63, 3.8) is 0 Å². The Kier molecular flexibility index (Phi) is 4.18. The lowest BCUT2D eigenvalue weighted by Crippen LogP contribution is -1.96. The van der Waals surface area contributed by atoms with E-state index < -0.39 is 4.92 Å². The largest absolute Gasteiger partial charge is 0.497 e. The minimum atomic E-state index is -0.589. The van der Waals surface area contributed by atoms with Gasteiger partial charge in [0.05, 0.1) is 12.0 Å². The maximum absolute atomic E-state index is 10.9. The average Bonchev–Trinajstić information content (AvgIpc) is 2.39. The van der Waals surface area contributed by atoms with Gasteiger partial charge in [-0.2, -0.15) is 0 Å². The molecule has 8 heteroatoms. The summed E-state index contributed by atoms with van der Waals surface area (Å²) in [5.41, 5.74) is -0.287. The summed E-state index contributed by atoms with van der Waals surface area (Å²) in [5, 5.41) is 11.0. The lowest BCUT2D eigenvalue weighted by Gasteiger charge is -2.04. The molecular formula is C11H8ClN3O3S. The van der Waals surface area contributed by atoms with Crippen molar-refractivity contribution in [1.29, 1.82) is 0 Å². The first-order valence-corrected chi connectivity index (χ1v) is 6.28. The van der Waals surface area contributed by atoms with Gasteiger partial charge in [0, 0.05) is 4.90 Å². The molecule has 0 aliphatic rings. The Morgan fingerprint density at radius 2 is 2.00 bits per heavy atom. The predicted octanol–water partition coefficient (Wildman–Crippen LogP) is 3.20. The second-order valence-electron chi connectivity index (χ2n) is 3.35. The van der Waals surface area contributed by atoms with Crippen molar-refractivity contribution in [2.45, 2.75) is 9.92 Å². The number of nitrogens with zero attached hydrogens (tertiary/aromatic N) is 3. The molecule has 0 atom stereocenters. The first kappa shape index (κ1) is 13.6. The summed E-state index contributed by atoms with van der Waals surface area (Å²) in [6.07, 6.45) is 1.20. The van der Waals surface area contributed by atoms with Crippen LogP contribution in [0.2, 0.25) is 5.15 Å². The first-order chi connectivity index (χ1) is 9.11. The number of hydrogen-bond acceptors (Lipinski definition) is 6. The van der Waals surface area contributed by atoms with Gasteiger partial charge in [-0.15, -0.1) is 0 Å². The molecule has 0 fully saturated rings. The molecule has 1 aromatic carbocycles. The molecule has 0 saturated carbocycles. The Hall–Kier alpha value is -1.86. The molecule has 19 heavy (non-hydrogen) atoms. The van der Waals surface area contributed by atoms with Crippen LogP contribution in [0.3, 0.4) is 0 Å². The molecule has 0 aliphatic carbocycles. The average molecular weight is 298 g/mol. The molecule has 0 aliphatic heterocycles. The van der Waals surface area contributed by atoms with E-state index in [1.54, 1.807) is 31.4 Å². The van der Waals surface area contributed by atoms with Crippen molar-refractivity contribution in [3.05, 3.63) is 45.9 Å². The van der Waals surface area contributed by atoms with E-state index in [2.05, 4.69) is 9.97 Å². The predicted molar refractivity (Wildman–Crippen MR) is 70.8 cm³/mol. The van der Waals surface area contributed by atoms with Gasteiger partial charge >= 0.3 is 5.69 Å². The zero-order chi connectivity index (χ0) is 13.8. The highest BCUT2D eigenvalue weighted by molar-refractivity contribution is 7.99. The molecule has 0 bridgehead atoms. The number of nitro groups is 1. The standard InChI is InChI=1S/C11H8ClN3O3S/c1-18-7-2-4-8(5-3-7)19-11-9(15(16)17)10(12)13-6-14-11/h2-6H,1H3. The van der Waals surface area contributed by atoms with Crippen molar-refractivity contribution in [2.75, 3.05) is 7.11 Å². The van der Waals surface area contributed by atoms with Crippen LogP contribution in [0.15, 0.2) is 40.5 Å². The molecule has 0 saturated heterocycles. The van der Waals surface area contributed by atoms with Gasteiger partial charge in [-0.3, -0.25) is 10.1 Å². The van der Waals surface area contributed by atoms with Crippen LogP contribution in [0.4, 0.5) is 5.69 Å². The normalized spacial score (nSPS) is 10.2. The quantitative estimate of drug-likeness (QED) is 0.490. The van der Waals surface area contributed by atoms with Crippen LogP contribution in [0, 0.1) is 10.1 Å². The van der Waals surface area contributed by atoms with Crippen LogP contribution in [0.1, 0.15) is 0 Å². The summed E-state index contributed by atoms with van der Waals surface area (Å²) in [4.78, 5) is 18.6. The lowest BCUT2D eigenvalue weighted by atomic mass is 10.3. The summed E-state index contributed by atoms with van der Waals surface area (Å²) in [5.74, 6) is 0.708. The van der Waals surface area contributed by atoms with Gasteiger partial charge in [-0.05, 0) is 24.3 Å². The van der Waals surface area contributed by atoms with E-state index in [1.807, 2.05) is 0 Å². The highest BCUT2D eigenvalue weighted by atomic mass is 35.5. The number of aromatic nitrogens is 2. The summed E-state index contributed by atoms with van der Waals surface area (Å²) in [7, 11) is 1.57. The second kappa shape index (κ2) is 5.85. The molecule has 0 unspecified atom stereocenters. The Labute approximate surface area is 117 Å². The molecule has 0 amide bonds. The number of benzene rings is 1. The Balaban J connectivity index is 2.32. The molecule has 0 spiro atoms. The van der Waals surface area contributed by atoms with E-state index in [0.717, 1.165) is 16.7 Å². The zero-order valence-corrected chi connectivity index (χ0v) is 11.3. The number of halogens is 1. The Bertz CT molecular complexity index is 607. The Morgan fingerprint density at radius 1 is 1.32 bits per heavy atom. The number of methoxy groups -OCH3 is 1. The molecule has 6 nitrogen and oxygen atoms in total. The van der Waals surface area contributed by atoms with Gasteiger partial charge in [0.2, 0.25) is 5.15 Å². The summed E-state index contributed by atoms with van der Waals surface area (Å²) in [6, 6.07) is 7.08. The fraction of sp³-hybridized carbons (Fsp3) is 0.0909. The second-order valence-corrected chi connectivity index (χ2v) is 4.77. The van der Waals surface area contributed by atoms with E-state index in [4.69, 9.17) is 16.3 Å². The molecule has 98 valence electrons. The highest BCUT2D eigenvalue weighted by Crippen LogP contribution is 2.36. The minimum Gasteiger partial charge on any atom is -0.497 e. The minimum absolute atomic E-state index is 0.170. The van der Waals surface area contributed by atoms with E-state index >= 15 is 0 Å². The fourth-order valence-electron chi connectivity index (χ4n) is 1.33. The Morgan fingerprint density at radius 3 is 2.58 bits per heavy atom. The molecule has 1 heterocycles. The highest BCUT2D eigenvalue weighted by Gasteiger charge is 2.22. The molecule has 0 N–H and O–H groups in total. The maximum Gasteiger partial charge on any atom is 0.338 e. The third-order valence-electron chi connectivity index (χ3n) is 2.20. The van der Waals surface area contributed by atoms with Crippen molar-refractivity contribution in [2.24, 2.45) is 0 Å². The van der Waals surface area contributed by atoms with Gasteiger partial charge < -0.3 is 4.74 Å². The van der Waals surface area contributed by atoms with Crippen LogP contribution >= 0.6 is 23.4 Å². The summed E-state index contributed by atoms with van der Waals surface area (Å²) >= 11 is 6.86. The third kappa shape index (κ3) is 3.12. The number of ether oxygens (including phenoxy) is 1. The van der Waals surface area contributed by atoms with Crippen LogP contribution in [0.25, 0.3) is 0 Å². The molecule has 0 radical (unpaired) electrons. The van der Waals surface area contributed by atoms with Crippen LogP contribution < -0.4 is 4.74 Å². The molecular weight excluding hydrogens is 290 g/mol. The van der Waals surface area contributed by atoms with Crippen molar-refractivity contribution < 1.29 is 9.66 Å². The van der Waals surface area contributed by atoms with Crippen LogP contribution in [-0.2, 0) is 0 Å². The number of hydrogen-bond donors (Lipinski definition) is 0. The molecule has 2 aromatic rings. The monoisotopic (exact) mass is 297 g/mol. The first-order valence-electron chi connectivity index (χ1n) is 5.08. The SMILES string of the molecule is COc1ccc(Sc2ncnc(Cl)c2[N+](=O)[O-])cc1. The lowest BCUT2D eigenvalue weighted by molar-refractivity contribution is -0.388. The summed E-state index contributed by atoms with van der Waals surface area (Å²) < 4.78 is 5.04. The van der Waals surface area contributed by atoms with Crippen molar-refractivity contribution in [1.82, 2.24) is 9.97 Å². The van der Waals surface area contributed by atoms with E-state index in [-0.39, 0.29) is 15.9 Å². The maximum atomic E-state index is 10.9. The number of rotatable bonds is 4. The van der Waals surface area contributed by atoms with E-state index in [9.17, 15) is 10.1 Å². The van der Waals surface area contributed by atoms with Crippen molar-refractivity contribution >= 4 is 29.1 Å². The van der Waals surface area contributed by atoms with Crippen LogP contribution in [-0.4, -0.2) is 22.0 Å². The molecule has 2 rings (SSSR count). The third-order valence-corrected chi connectivity index (χ3v) is 3.48. The smallest absolute Gasteiger partial charge is 0.338 e. The van der Waals surface area contributed by atoms with Gasteiger partial charge in [-0.1, -0.05) is 23.4 Å².